The van der Waals surface area contributed by atoms with Gasteiger partial charge in [-0.25, -0.2) is 0 Å². The second kappa shape index (κ2) is 5.19. The zero-order valence-electron chi connectivity index (χ0n) is 8.83. The van der Waals surface area contributed by atoms with Crippen molar-refractivity contribution in [3.05, 3.63) is 23.0 Å². The van der Waals surface area contributed by atoms with Gasteiger partial charge in [-0.2, -0.15) is 0 Å². The van der Waals surface area contributed by atoms with Gasteiger partial charge in [0.05, 0.1) is 11.1 Å². The summed E-state index contributed by atoms with van der Waals surface area (Å²) in [5.41, 5.74) is 0.517. The van der Waals surface area contributed by atoms with Crippen LogP contribution in [0, 0.1) is 0 Å². The molecule has 1 heterocycles. The maximum absolute atomic E-state index is 11.6. The van der Waals surface area contributed by atoms with Crippen LogP contribution in [0.2, 0.25) is 5.02 Å². The van der Waals surface area contributed by atoms with Gasteiger partial charge >= 0.3 is 0 Å². The molecule has 2 N–H and O–H groups in total. The number of hydrogen-bond donors (Lipinski definition) is 2. The summed E-state index contributed by atoms with van der Waals surface area (Å²) in [6.45, 7) is 4.48. The molecule has 1 aromatic heterocycles. The highest BCUT2D eigenvalue weighted by Gasteiger charge is 2.12. The topological polar surface area (TPSA) is 54.3 Å². The largest absolute Gasteiger partial charge is 0.392 e. The number of aliphatic hydroxyl groups is 1. The molecule has 5 heteroatoms. The highest BCUT2D eigenvalue weighted by atomic mass is 35.5. The predicted octanol–water partition coefficient (Wildman–Crippen LogP) is 1.27. The van der Waals surface area contributed by atoms with Gasteiger partial charge in [-0.1, -0.05) is 11.6 Å². The maximum Gasteiger partial charge on any atom is 0.268 e. The molecular formula is C10H15ClN2O2. The Morgan fingerprint density at radius 2 is 2.40 bits per heavy atom. The van der Waals surface area contributed by atoms with Crippen LogP contribution in [0.5, 0.6) is 0 Å². The van der Waals surface area contributed by atoms with E-state index in [0.717, 1.165) is 0 Å². The molecule has 0 spiro atoms. The third-order valence-corrected chi connectivity index (χ3v) is 2.20. The highest BCUT2D eigenvalue weighted by Crippen LogP contribution is 2.13. The lowest BCUT2D eigenvalue weighted by molar-refractivity contribution is 0.0915. The van der Waals surface area contributed by atoms with Gasteiger partial charge in [0.1, 0.15) is 5.69 Å². The Morgan fingerprint density at radius 1 is 1.73 bits per heavy atom. The van der Waals surface area contributed by atoms with Gasteiger partial charge in [0.15, 0.2) is 0 Å². The van der Waals surface area contributed by atoms with Crippen LogP contribution in [0.25, 0.3) is 0 Å². The zero-order chi connectivity index (χ0) is 11.4. The Balaban J connectivity index is 2.72. The Bertz CT molecular complexity index is 347. The van der Waals surface area contributed by atoms with Gasteiger partial charge in [-0.15, -0.1) is 0 Å². The maximum atomic E-state index is 11.6. The minimum absolute atomic E-state index is 0.218. The first-order chi connectivity index (χ1) is 7.04. The van der Waals surface area contributed by atoms with Crippen molar-refractivity contribution < 1.29 is 9.90 Å². The normalized spacial score (nSPS) is 12.5. The number of halogens is 1. The highest BCUT2D eigenvalue weighted by molar-refractivity contribution is 6.31. The fourth-order valence-electron chi connectivity index (χ4n) is 1.26. The van der Waals surface area contributed by atoms with E-state index < -0.39 is 6.10 Å². The van der Waals surface area contributed by atoms with E-state index in [0.29, 0.717) is 17.3 Å². The average molecular weight is 231 g/mol. The minimum Gasteiger partial charge on any atom is -0.392 e. The molecular weight excluding hydrogens is 216 g/mol. The first-order valence-electron chi connectivity index (χ1n) is 4.86. The Hall–Kier alpha value is -1.00. The molecule has 4 nitrogen and oxygen atoms in total. The van der Waals surface area contributed by atoms with E-state index in [2.05, 4.69) is 5.32 Å². The standard InChI is InChI=1S/C10H15ClN2O2/c1-3-13-6-8(11)4-9(13)10(15)12-5-7(2)14/h4,6-7,14H,3,5H2,1-2H3,(H,12,15)/t7-/m0/s1. The second-order valence-electron chi connectivity index (χ2n) is 3.39. The molecule has 0 aliphatic carbocycles. The van der Waals surface area contributed by atoms with E-state index in [1.807, 2.05) is 6.92 Å². The van der Waals surface area contributed by atoms with Crippen molar-refractivity contribution in [2.24, 2.45) is 0 Å². The quantitative estimate of drug-likeness (QED) is 0.819. The van der Waals surface area contributed by atoms with Gasteiger partial charge in [0.25, 0.3) is 5.91 Å². The Kier molecular flexibility index (Phi) is 4.17. The average Bonchev–Trinajstić information content (AvgIpc) is 2.56. The lowest BCUT2D eigenvalue weighted by atomic mass is 10.3. The number of aromatic nitrogens is 1. The monoisotopic (exact) mass is 230 g/mol. The van der Waals surface area contributed by atoms with Gasteiger partial charge in [-0.05, 0) is 19.9 Å². The molecule has 1 atom stereocenters. The van der Waals surface area contributed by atoms with Crippen LogP contribution in [-0.2, 0) is 6.54 Å². The number of nitrogens with zero attached hydrogens (tertiary/aromatic N) is 1. The molecule has 15 heavy (non-hydrogen) atoms. The fraction of sp³-hybridized carbons (Fsp3) is 0.500. The molecule has 0 fully saturated rings. The number of carbonyl (C=O) groups excluding carboxylic acids is 1. The zero-order valence-corrected chi connectivity index (χ0v) is 9.58. The van der Waals surface area contributed by atoms with Crippen LogP contribution in [0.3, 0.4) is 0 Å². The van der Waals surface area contributed by atoms with E-state index in [1.54, 1.807) is 23.8 Å². The molecule has 0 aliphatic heterocycles. The number of aliphatic hydroxyl groups excluding tert-OH is 1. The molecule has 0 saturated carbocycles. The molecule has 1 amide bonds. The molecule has 0 bridgehead atoms. The van der Waals surface area contributed by atoms with Crippen molar-refractivity contribution >= 4 is 17.5 Å². The van der Waals surface area contributed by atoms with E-state index in [9.17, 15) is 4.79 Å². The third-order valence-electron chi connectivity index (χ3n) is 1.99. The van der Waals surface area contributed by atoms with E-state index in [4.69, 9.17) is 16.7 Å². The molecule has 0 aromatic carbocycles. The fourth-order valence-corrected chi connectivity index (χ4v) is 1.48. The van der Waals surface area contributed by atoms with Gasteiger partial charge in [-0.3, -0.25) is 4.79 Å². The van der Waals surface area contributed by atoms with Crippen LogP contribution < -0.4 is 5.32 Å². The first kappa shape index (κ1) is 12.1. The molecule has 1 rings (SSSR count). The summed E-state index contributed by atoms with van der Waals surface area (Å²) < 4.78 is 1.76. The number of carbonyl (C=O) groups is 1. The predicted molar refractivity (Wildman–Crippen MR) is 59.1 cm³/mol. The van der Waals surface area contributed by atoms with Gasteiger partial charge in [0.2, 0.25) is 0 Å². The summed E-state index contributed by atoms with van der Waals surface area (Å²) in [5, 5.41) is 12.2. The van der Waals surface area contributed by atoms with Crippen molar-refractivity contribution in [1.82, 2.24) is 9.88 Å². The van der Waals surface area contributed by atoms with Gasteiger partial charge < -0.3 is 15.0 Å². The number of aryl methyl sites for hydroxylation is 1. The Morgan fingerprint density at radius 3 is 2.93 bits per heavy atom. The van der Waals surface area contributed by atoms with E-state index in [1.165, 1.54) is 0 Å². The minimum atomic E-state index is -0.547. The van der Waals surface area contributed by atoms with Crippen LogP contribution in [0.15, 0.2) is 12.3 Å². The summed E-state index contributed by atoms with van der Waals surface area (Å²) in [6.07, 6.45) is 1.16. The summed E-state index contributed by atoms with van der Waals surface area (Å²) in [7, 11) is 0. The van der Waals surface area contributed by atoms with Crippen LogP contribution in [-0.4, -0.2) is 28.2 Å². The van der Waals surface area contributed by atoms with Gasteiger partial charge in [0, 0.05) is 19.3 Å². The van der Waals surface area contributed by atoms with E-state index in [-0.39, 0.29) is 12.5 Å². The molecule has 1 aromatic rings. The lowest BCUT2D eigenvalue weighted by Gasteiger charge is -2.08. The van der Waals surface area contributed by atoms with Crippen molar-refractivity contribution in [1.29, 1.82) is 0 Å². The van der Waals surface area contributed by atoms with Crippen LogP contribution in [0.1, 0.15) is 24.3 Å². The molecule has 0 saturated heterocycles. The number of nitrogens with one attached hydrogen (secondary N) is 1. The van der Waals surface area contributed by atoms with Crippen molar-refractivity contribution in [2.75, 3.05) is 6.54 Å². The number of hydrogen-bond acceptors (Lipinski definition) is 2. The molecule has 0 radical (unpaired) electrons. The number of amides is 1. The number of rotatable bonds is 4. The summed E-state index contributed by atoms with van der Waals surface area (Å²) in [4.78, 5) is 11.6. The summed E-state index contributed by atoms with van der Waals surface area (Å²) in [6, 6.07) is 1.61. The molecule has 0 aliphatic rings. The first-order valence-corrected chi connectivity index (χ1v) is 5.24. The van der Waals surface area contributed by atoms with Crippen molar-refractivity contribution in [2.45, 2.75) is 26.5 Å². The van der Waals surface area contributed by atoms with Crippen LogP contribution in [0.4, 0.5) is 0 Å². The SMILES string of the molecule is CCn1cc(Cl)cc1C(=O)NC[C@H](C)O. The summed E-state index contributed by atoms with van der Waals surface area (Å²) in [5.74, 6) is -0.218. The third kappa shape index (κ3) is 3.25. The molecule has 0 unspecified atom stereocenters. The van der Waals surface area contributed by atoms with Crippen LogP contribution >= 0.6 is 11.6 Å². The molecule has 84 valence electrons. The van der Waals surface area contributed by atoms with Crippen molar-refractivity contribution in [3.63, 3.8) is 0 Å². The second-order valence-corrected chi connectivity index (χ2v) is 3.83. The van der Waals surface area contributed by atoms with Crippen molar-refractivity contribution in [3.8, 4) is 0 Å². The summed E-state index contributed by atoms with van der Waals surface area (Å²) >= 11 is 5.80. The van der Waals surface area contributed by atoms with E-state index >= 15 is 0 Å². The lowest BCUT2D eigenvalue weighted by Crippen LogP contribution is -2.31. The smallest absolute Gasteiger partial charge is 0.268 e. The Labute approximate surface area is 93.8 Å².